The fourth-order valence-electron chi connectivity index (χ4n) is 1.81. The van der Waals surface area contributed by atoms with Crippen LogP contribution in [0.25, 0.3) is 0 Å². The lowest BCUT2D eigenvalue weighted by molar-refractivity contribution is 0.110. The molecule has 2 rings (SSSR count). The van der Waals surface area contributed by atoms with Gasteiger partial charge in [0.05, 0.1) is 23.8 Å². The number of ether oxygens (including phenoxy) is 3. The van der Waals surface area contributed by atoms with Gasteiger partial charge in [0.15, 0.2) is 11.5 Å². The predicted molar refractivity (Wildman–Crippen MR) is 68.6 cm³/mol. The highest BCUT2D eigenvalue weighted by atomic mass is 79.9. The van der Waals surface area contributed by atoms with Crippen LogP contribution in [0.5, 0.6) is 11.5 Å². The van der Waals surface area contributed by atoms with Gasteiger partial charge in [0.2, 0.25) is 0 Å². The highest BCUT2D eigenvalue weighted by Crippen LogP contribution is 2.39. The topological polar surface area (TPSA) is 53.7 Å². The third kappa shape index (κ3) is 2.73. The number of methoxy groups -OCH3 is 1. The second-order valence-corrected chi connectivity index (χ2v) is 4.69. The first-order valence-electron chi connectivity index (χ1n) is 5.58. The fourth-order valence-corrected chi connectivity index (χ4v) is 2.38. The Labute approximate surface area is 109 Å². The summed E-state index contributed by atoms with van der Waals surface area (Å²) in [5.41, 5.74) is 6.65. The van der Waals surface area contributed by atoms with Crippen molar-refractivity contribution in [3.63, 3.8) is 0 Å². The summed E-state index contributed by atoms with van der Waals surface area (Å²) in [6.45, 7) is 1.78. The maximum Gasteiger partial charge on any atom is 0.175 e. The molecule has 1 aliphatic heterocycles. The maximum atomic E-state index is 5.66. The predicted octanol–water partition coefficient (Wildman–Crippen LogP) is 2.26. The van der Waals surface area contributed by atoms with E-state index in [1.807, 2.05) is 12.1 Å². The quantitative estimate of drug-likeness (QED) is 0.930. The third-order valence-electron chi connectivity index (χ3n) is 2.69. The van der Waals surface area contributed by atoms with Crippen molar-refractivity contribution >= 4 is 15.9 Å². The molecule has 0 radical (unpaired) electrons. The van der Waals surface area contributed by atoms with Crippen LogP contribution in [0.1, 0.15) is 18.1 Å². The summed E-state index contributed by atoms with van der Waals surface area (Å²) < 4.78 is 17.5. The average molecular weight is 302 g/mol. The third-order valence-corrected chi connectivity index (χ3v) is 3.28. The molecule has 0 bridgehead atoms. The molecule has 4 nitrogen and oxygen atoms in total. The largest absolute Gasteiger partial charge is 0.490 e. The lowest BCUT2D eigenvalue weighted by Crippen LogP contribution is -2.14. The van der Waals surface area contributed by atoms with Crippen molar-refractivity contribution < 1.29 is 14.2 Å². The van der Waals surface area contributed by atoms with Gasteiger partial charge in [-0.05, 0) is 33.6 Å². The van der Waals surface area contributed by atoms with E-state index in [9.17, 15) is 0 Å². The van der Waals surface area contributed by atoms with E-state index in [0.717, 1.165) is 28.0 Å². The molecule has 0 amide bonds. The molecule has 1 aromatic rings. The molecule has 0 aliphatic carbocycles. The van der Waals surface area contributed by atoms with Gasteiger partial charge in [-0.25, -0.2) is 0 Å². The van der Waals surface area contributed by atoms with Gasteiger partial charge in [0, 0.05) is 20.1 Å². The summed E-state index contributed by atoms with van der Waals surface area (Å²) in [5.74, 6) is 1.51. The number of rotatable bonds is 3. The van der Waals surface area contributed by atoms with Crippen LogP contribution < -0.4 is 15.2 Å². The summed E-state index contributed by atoms with van der Waals surface area (Å²) in [6.07, 6.45) is 0.768. The van der Waals surface area contributed by atoms with E-state index < -0.39 is 0 Å². The first-order valence-corrected chi connectivity index (χ1v) is 6.37. The molecular formula is C12H16BrNO3. The molecule has 1 unspecified atom stereocenters. The Balaban J connectivity index is 2.38. The van der Waals surface area contributed by atoms with Crippen LogP contribution in [-0.4, -0.2) is 26.9 Å². The number of hydrogen-bond donors (Lipinski definition) is 1. The highest BCUT2D eigenvalue weighted by Gasteiger charge is 2.18. The van der Waals surface area contributed by atoms with Gasteiger partial charge in [-0.3, -0.25) is 0 Å². The van der Waals surface area contributed by atoms with Crippen LogP contribution in [0.3, 0.4) is 0 Å². The maximum absolute atomic E-state index is 5.66. The first-order chi connectivity index (χ1) is 8.26. The van der Waals surface area contributed by atoms with Crippen molar-refractivity contribution in [2.24, 2.45) is 5.73 Å². The highest BCUT2D eigenvalue weighted by molar-refractivity contribution is 9.10. The Kier molecular flexibility index (Phi) is 4.25. The summed E-state index contributed by atoms with van der Waals surface area (Å²) in [5, 5.41) is 0. The molecule has 0 fully saturated rings. The van der Waals surface area contributed by atoms with Gasteiger partial charge in [-0.15, -0.1) is 0 Å². The van der Waals surface area contributed by atoms with Crippen LogP contribution in [0.15, 0.2) is 16.6 Å². The zero-order valence-electron chi connectivity index (χ0n) is 9.74. The van der Waals surface area contributed by atoms with Crippen molar-refractivity contribution in [2.75, 3.05) is 26.9 Å². The van der Waals surface area contributed by atoms with Gasteiger partial charge >= 0.3 is 0 Å². The van der Waals surface area contributed by atoms with Gasteiger partial charge in [-0.2, -0.15) is 0 Å². The Hall–Kier alpha value is -0.780. The Morgan fingerprint density at radius 2 is 2.18 bits per heavy atom. The SMILES string of the molecule is COC(CN)c1cc(Br)c2c(c1)OCCCO2. The molecule has 0 saturated carbocycles. The van der Waals surface area contributed by atoms with Gasteiger partial charge in [-0.1, -0.05) is 0 Å². The van der Waals surface area contributed by atoms with Gasteiger partial charge in [0.1, 0.15) is 0 Å². The van der Waals surface area contributed by atoms with E-state index in [2.05, 4.69) is 15.9 Å². The average Bonchev–Trinajstić information content (AvgIpc) is 2.56. The van der Waals surface area contributed by atoms with Crippen LogP contribution in [-0.2, 0) is 4.74 Å². The molecule has 17 heavy (non-hydrogen) atoms. The van der Waals surface area contributed by atoms with Crippen LogP contribution in [0.2, 0.25) is 0 Å². The van der Waals surface area contributed by atoms with Crippen molar-refractivity contribution in [3.05, 3.63) is 22.2 Å². The number of nitrogens with two attached hydrogens (primary N) is 1. The molecule has 0 spiro atoms. The van der Waals surface area contributed by atoms with E-state index >= 15 is 0 Å². The van der Waals surface area contributed by atoms with E-state index in [1.165, 1.54) is 0 Å². The number of halogens is 1. The first kappa shape index (κ1) is 12.7. The molecule has 0 saturated heterocycles. The normalized spacial score (nSPS) is 16.4. The molecule has 1 heterocycles. The van der Waals surface area contributed by atoms with Gasteiger partial charge < -0.3 is 19.9 Å². The zero-order valence-corrected chi connectivity index (χ0v) is 11.3. The van der Waals surface area contributed by atoms with Crippen LogP contribution >= 0.6 is 15.9 Å². The molecule has 2 N–H and O–H groups in total. The van der Waals surface area contributed by atoms with Gasteiger partial charge in [0.25, 0.3) is 0 Å². The summed E-state index contributed by atoms with van der Waals surface area (Å²) in [4.78, 5) is 0. The van der Waals surface area contributed by atoms with Crippen molar-refractivity contribution in [1.82, 2.24) is 0 Å². The van der Waals surface area contributed by atoms with Crippen molar-refractivity contribution in [1.29, 1.82) is 0 Å². The van der Waals surface area contributed by atoms with Crippen molar-refractivity contribution in [3.8, 4) is 11.5 Å². The lowest BCUT2D eigenvalue weighted by atomic mass is 10.1. The van der Waals surface area contributed by atoms with E-state index in [0.29, 0.717) is 19.8 Å². The molecule has 94 valence electrons. The van der Waals surface area contributed by atoms with Crippen LogP contribution in [0, 0.1) is 0 Å². The second-order valence-electron chi connectivity index (χ2n) is 3.84. The monoisotopic (exact) mass is 301 g/mol. The number of hydrogen-bond acceptors (Lipinski definition) is 4. The summed E-state index contributed by atoms with van der Waals surface area (Å²) in [6, 6.07) is 3.90. The molecule has 0 aromatic heterocycles. The zero-order chi connectivity index (χ0) is 12.3. The van der Waals surface area contributed by atoms with E-state index in [4.69, 9.17) is 19.9 Å². The molecule has 1 aliphatic rings. The standard InChI is InChI=1S/C12H16BrNO3/c1-15-11(7-14)8-5-9(13)12-10(6-8)16-3-2-4-17-12/h5-6,11H,2-4,7,14H2,1H3. The van der Waals surface area contributed by atoms with E-state index in [1.54, 1.807) is 7.11 Å². The molecule has 5 heteroatoms. The molecular weight excluding hydrogens is 286 g/mol. The Morgan fingerprint density at radius 1 is 1.41 bits per heavy atom. The minimum Gasteiger partial charge on any atom is -0.490 e. The molecule has 1 aromatic carbocycles. The Morgan fingerprint density at radius 3 is 2.88 bits per heavy atom. The fraction of sp³-hybridized carbons (Fsp3) is 0.500. The lowest BCUT2D eigenvalue weighted by Gasteiger charge is -2.17. The number of benzene rings is 1. The minimum absolute atomic E-state index is 0.122. The summed E-state index contributed by atoms with van der Waals surface area (Å²) >= 11 is 3.49. The van der Waals surface area contributed by atoms with Crippen LogP contribution in [0.4, 0.5) is 0 Å². The molecule has 1 atom stereocenters. The summed E-state index contributed by atoms with van der Waals surface area (Å²) in [7, 11) is 1.65. The number of fused-ring (bicyclic) bond motifs is 1. The second kappa shape index (κ2) is 5.71. The van der Waals surface area contributed by atoms with Crippen molar-refractivity contribution in [2.45, 2.75) is 12.5 Å². The Bertz CT molecular complexity index is 394. The minimum atomic E-state index is -0.122. The van der Waals surface area contributed by atoms with E-state index in [-0.39, 0.29) is 6.10 Å². The smallest absolute Gasteiger partial charge is 0.175 e.